The Morgan fingerprint density at radius 2 is 1.57 bits per heavy atom. The molecule has 16 heteroatoms. The first-order valence-corrected chi connectivity index (χ1v) is 24.6. The number of fused-ring (bicyclic) bond motifs is 3. The van der Waals surface area contributed by atoms with Crippen molar-refractivity contribution in [1.82, 2.24) is 4.90 Å². The van der Waals surface area contributed by atoms with Gasteiger partial charge in [-0.2, -0.15) is 0 Å². The summed E-state index contributed by atoms with van der Waals surface area (Å²) in [7, 11) is 4.70. The van der Waals surface area contributed by atoms with E-state index in [1.807, 2.05) is 26.0 Å². The lowest BCUT2D eigenvalue weighted by atomic mass is 9.81. The topological polar surface area (TPSA) is 203 Å². The van der Waals surface area contributed by atoms with Crippen LogP contribution < -0.4 is 0 Å². The molecule has 2 N–H and O–H groups in total. The molecule has 4 aliphatic heterocycles. The number of carbonyl (C=O) groups is 5. The maximum Gasteiger partial charge on any atom is 0.335 e. The fourth-order valence-electron chi connectivity index (χ4n) is 10.8. The summed E-state index contributed by atoms with van der Waals surface area (Å²) in [6.45, 7) is 14.4. The van der Waals surface area contributed by atoms with Gasteiger partial charge in [0.15, 0.2) is 11.9 Å². The van der Waals surface area contributed by atoms with E-state index in [2.05, 4.69) is 13.5 Å². The molecule has 0 radical (unpaired) electrons. The van der Waals surface area contributed by atoms with Crippen LogP contribution in [-0.4, -0.2) is 153 Å². The molecule has 0 aromatic heterocycles. The van der Waals surface area contributed by atoms with E-state index in [4.69, 9.17) is 37.9 Å². The van der Waals surface area contributed by atoms with Crippen molar-refractivity contribution in [2.24, 2.45) is 29.6 Å². The zero-order valence-electron chi connectivity index (χ0n) is 41.2. The van der Waals surface area contributed by atoms with Crippen LogP contribution in [0.15, 0.2) is 36.0 Å². The number of piperidine rings is 1. The first-order valence-electron chi connectivity index (χ1n) is 24.6. The summed E-state index contributed by atoms with van der Waals surface area (Å²) in [6, 6.07) is -1.16. The van der Waals surface area contributed by atoms with Gasteiger partial charge in [0, 0.05) is 65.8 Å². The molecule has 1 aliphatic carbocycles. The summed E-state index contributed by atoms with van der Waals surface area (Å²) >= 11 is 0. The number of ketones is 2. The molecule has 0 aromatic carbocycles. The zero-order chi connectivity index (χ0) is 49.0. The summed E-state index contributed by atoms with van der Waals surface area (Å²) in [4.78, 5) is 70.2. The minimum Gasteiger partial charge on any atom is -0.464 e. The van der Waals surface area contributed by atoms with E-state index in [1.165, 1.54) is 19.1 Å². The van der Waals surface area contributed by atoms with Crippen LogP contribution in [0.5, 0.6) is 0 Å². The number of cyclic esters (lactones) is 2. The van der Waals surface area contributed by atoms with Crippen molar-refractivity contribution in [3.05, 3.63) is 36.0 Å². The van der Waals surface area contributed by atoms with E-state index >= 15 is 0 Å². The Labute approximate surface area is 397 Å². The standard InChI is InChI=1S/C51H79NO15/c1-10-14-36-24-30(2)23-31(3)25-43(61-8)46-44(62-9)27-33(5)51(59,67-46)47(55)48(56)52-19-12-11-15-37(52)49(57)66-45(34(6)38(53)29-39(36)54)32(4)26-35-16-17-40(42(28-35)60-7)63-20-13-21-64-41-18-22-65-50(41)58/h10,24,26,30-31,33-35,37-38,40-46,53,59H,1,11-23,25,27-29H2,2-9H3/t30?,31-,33+,34+,35-,37-,38-,40+,41?,42+,43-,44-,45+,46?,51+/m0/s1. The monoisotopic (exact) mass is 946 g/mol. The first-order chi connectivity index (χ1) is 31.9. The Hall–Kier alpha value is -3.35. The second-order valence-corrected chi connectivity index (χ2v) is 19.8. The van der Waals surface area contributed by atoms with Crippen LogP contribution in [0, 0.1) is 29.6 Å². The molecule has 15 atom stereocenters. The quantitative estimate of drug-likeness (QED) is 0.103. The lowest BCUT2D eigenvalue weighted by Crippen LogP contribution is -2.64. The summed E-state index contributed by atoms with van der Waals surface area (Å²) in [6.07, 6.45) is 6.27. The van der Waals surface area contributed by atoms with Crippen molar-refractivity contribution in [3.8, 4) is 0 Å². The molecule has 5 aliphatic rings. The third-order valence-electron chi connectivity index (χ3n) is 14.7. The molecule has 0 aromatic rings. The number of allylic oxidation sites excluding steroid dienone is 4. The van der Waals surface area contributed by atoms with Crippen molar-refractivity contribution in [2.75, 3.05) is 47.7 Å². The Bertz CT molecular complexity index is 1770. The normalized spacial score (nSPS) is 38.1. The van der Waals surface area contributed by atoms with Crippen molar-refractivity contribution in [2.45, 2.75) is 179 Å². The minimum atomic E-state index is -2.52. The van der Waals surface area contributed by atoms with E-state index in [9.17, 15) is 34.2 Å². The number of hydrogen-bond acceptors (Lipinski definition) is 15. The fourth-order valence-corrected chi connectivity index (χ4v) is 10.8. The summed E-state index contributed by atoms with van der Waals surface area (Å²) < 4.78 is 47.2. The summed E-state index contributed by atoms with van der Waals surface area (Å²) in [5.74, 6) is -7.74. The van der Waals surface area contributed by atoms with Crippen LogP contribution in [0.4, 0.5) is 0 Å². The predicted octanol–water partition coefficient (Wildman–Crippen LogP) is 5.39. The number of aliphatic hydroxyl groups excluding tert-OH is 1. The van der Waals surface area contributed by atoms with E-state index < -0.39 is 77.9 Å². The van der Waals surface area contributed by atoms with Crippen LogP contribution in [0.1, 0.15) is 118 Å². The molecule has 4 fully saturated rings. The highest BCUT2D eigenvalue weighted by Gasteiger charge is 2.56. The van der Waals surface area contributed by atoms with Gasteiger partial charge in [-0.25, -0.2) is 9.59 Å². The third-order valence-corrected chi connectivity index (χ3v) is 14.7. The Morgan fingerprint density at radius 3 is 2.24 bits per heavy atom. The number of Topliss-reactive ketones (excluding diaryl/α,β-unsaturated/α-hetero) is 2. The number of nitrogens with zero attached hydrogens (tertiary/aromatic N) is 1. The SMILES string of the molecule is C=CCC1=CC(C)C[C@H](C)C[C@H](OC)C2O[C@@](O)(C(=O)C(=O)N3CCCC[C@H]3C(=O)O[C@H](C(C)=C[C@@H]3CC[C@@H](OCCCOC4CCOC4=O)[C@H](OC)C3)[C@H](C)[C@@H](O)CC1=O)[C@H](C)C[C@@H]2OC. The fraction of sp³-hybridized carbons (Fsp3) is 0.784. The number of hydrogen-bond donors (Lipinski definition) is 2. The lowest BCUT2D eigenvalue weighted by Gasteiger charge is -2.47. The van der Waals surface area contributed by atoms with E-state index in [0.717, 1.165) is 6.42 Å². The largest absolute Gasteiger partial charge is 0.464 e. The van der Waals surface area contributed by atoms with Gasteiger partial charge in [-0.1, -0.05) is 45.9 Å². The van der Waals surface area contributed by atoms with Crippen LogP contribution in [0.25, 0.3) is 0 Å². The van der Waals surface area contributed by atoms with Gasteiger partial charge in [0.25, 0.3) is 11.7 Å². The number of esters is 2. The smallest absolute Gasteiger partial charge is 0.335 e. The number of methoxy groups -OCH3 is 3. The highest BCUT2D eigenvalue weighted by molar-refractivity contribution is 6.39. The Morgan fingerprint density at radius 1 is 0.866 bits per heavy atom. The Balaban J connectivity index is 1.42. The van der Waals surface area contributed by atoms with Gasteiger partial charge in [-0.05, 0) is 106 Å². The third kappa shape index (κ3) is 13.9. The average molecular weight is 946 g/mol. The van der Waals surface area contributed by atoms with Crippen molar-refractivity contribution < 1.29 is 72.1 Å². The molecule has 1 amide bonds. The molecule has 4 heterocycles. The Kier molecular flexibility index (Phi) is 20.8. The highest BCUT2D eigenvalue weighted by Crippen LogP contribution is 2.39. The maximum absolute atomic E-state index is 14.5. The number of ether oxygens (including phenoxy) is 8. The van der Waals surface area contributed by atoms with Gasteiger partial charge in [0.2, 0.25) is 5.79 Å². The maximum atomic E-state index is 14.5. The molecular weight excluding hydrogens is 867 g/mol. The summed E-state index contributed by atoms with van der Waals surface area (Å²) in [5, 5.41) is 24.0. The van der Waals surface area contributed by atoms with E-state index in [1.54, 1.807) is 27.0 Å². The van der Waals surface area contributed by atoms with E-state index in [-0.39, 0.29) is 67.5 Å². The zero-order valence-corrected chi connectivity index (χ0v) is 41.2. The van der Waals surface area contributed by atoms with Gasteiger partial charge in [0.1, 0.15) is 18.2 Å². The molecule has 3 unspecified atom stereocenters. The summed E-state index contributed by atoms with van der Waals surface area (Å²) in [5.41, 5.74) is 1.18. The average Bonchev–Trinajstić information content (AvgIpc) is 3.73. The van der Waals surface area contributed by atoms with Crippen LogP contribution in [0.3, 0.4) is 0 Å². The van der Waals surface area contributed by atoms with Gasteiger partial charge < -0.3 is 53.0 Å². The van der Waals surface area contributed by atoms with Crippen LogP contribution in [-0.2, 0) is 61.9 Å². The second kappa shape index (κ2) is 25.5. The van der Waals surface area contributed by atoms with Crippen molar-refractivity contribution >= 4 is 29.4 Å². The van der Waals surface area contributed by atoms with Crippen molar-refractivity contribution in [1.29, 1.82) is 0 Å². The molecule has 1 saturated carbocycles. The molecule has 16 nitrogen and oxygen atoms in total. The molecule has 0 spiro atoms. The minimum absolute atomic E-state index is 0.00909. The van der Waals surface area contributed by atoms with E-state index in [0.29, 0.717) is 88.8 Å². The van der Waals surface area contributed by atoms with Crippen molar-refractivity contribution in [3.63, 3.8) is 0 Å². The van der Waals surface area contributed by atoms with Gasteiger partial charge >= 0.3 is 11.9 Å². The number of aliphatic hydroxyl groups is 2. The molecular formula is C51H79NO15. The lowest BCUT2D eigenvalue weighted by molar-refractivity contribution is -0.302. The van der Waals surface area contributed by atoms with Crippen LogP contribution >= 0.6 is 0 Å². The number of carbonyl (C=O) groups excluding carboxylic acids is 5. The van der Waals surface area contributed by atoms with Gasteiger partial charge in [-0.15, -0.1) is 6.58 Å². The predicted molar refractivity (Wildman–Crippen MR) is 246 cm³/mol. The van der Waals surface area contributed by atoms with Gasteiger partial charge in [0.05, 0.1) is 37.1 Å². The molecule has 67 heavy (non-hydrogen) atoms. The first kappa shape index (κ1) is 54.6. The molecule has 5 rings (SSSR count). The number of amides is 1. The molecule has 2 bridgehead atoms. The molecule has 3 saturated heterocycles. The van der Waals surface area contributed by atoms with Crippen LogP contribution in [0.2, 0.25) is 0 Å². The number of rotatable bonds is 13. The highest BCUT2D eigenvalue weighted by atomic mass is 16.7. The second-order valence-electron chi connectivity index (χ2n) is 19.8. The molecule has 378 valence electrons. The van der Waals surface area contributed by atoms with Gasteiger partial charge in [-0.3, -0.25) is 14.4 Å².